The number of carbonyl (C=O) groups is 1. The second kappa shape index (κ2) is 8.00. The van der Waals surface area contributed by atoms with Crippen LogP contribution in [0.2, 0.25) is 5.02 Å². The van der Waals surface area contributed by atoms with Crippen LogP contribution in [-0.2, 0) is 10.0 Å². The number of halogens is 1. The normalized spacial score (nSPS) is 10.9. The van der Waals surface area contributed by atoms with Gasteiger partial charge in [-0.1, -0.05) is 11.6 Å². The Morgan fingerprint density at radius 1 is 1.04 bits per heavy atom. The zero-order valence-corrected chi connectivity index (χ0v) is 14.7. The van der Waals surface area contributed by atoms with Crippen LogP contribution >= 0.6 is 11.6 Å². The van der Waals surface area contributed by atoms with Crippen LogP contribution in [0.25, 0.3) is 0 Å². The average molecular weight is 381 g/mol. The van der Waals surface area contributed by atoms with Crippen molar-refractivity contribution in [3.05, 3.63) is 59.1 Å². The largest absolute Gasteiger partial charge is 0.385 e. The van der Waals surface area contributed by atoms with E-state index in [1.54, 1.807) is 36.4 Å². The Morgan fingerprint density at radius 2 is 1.64 bits per heavy atom. The third kappa shape index (κ3) is 5.47. The molecule has 0 aliphatic carbocycles. The number of nitrogens with one attached hydrogen (secondary N) is 1. The Labute approximate surface area is 150 Å². The van der Waals surface area contributed by atoms with Crippen LogP contribution < -0.4 is 16.8 Å². The number of ketones is 1. The number of nitrogens with zero attached hydrogens (tertiary/aromatic N) is 1. The standard InChI is InChI=1S/C16H17ClN4O3S/c17-12-3-1-11(2-4-12)15(22)9-10-20-13-5-7-14(8-6-13)25(23,24)21-16(18)19/h1-8,20H,9-10H2,(H4,18,19,21). The topological polar surface area (TPSA) is 128 Å². The molecule has 0 heterocycles. The lowest BCUT2D eigenvalue weighted by Gasteiger charge is -2.07. The first kappa shape index (κ1) is 18.8. The fraction of sp³-hybridized carbons (Fsp3) is 0.125. The van der Waals surface area contributed by atoms with E-state index in [4.69, 9.17) is 23.1 Å². The highest BCUT2D eigenvalue weighted by molar-refractivity contribution is 7.90. The Hall–Kier alpha value is -2.58. The van der Waals surface area contributed by atoms with Crippen LogP contribution in [0, 0.1) is 0 Å². The van der Waals surface area contributed by atoms with Gasteiger partial charge < -0.3 is 16.8 Å². The van der Waals surface area contributed by atoms with Gasteiger partial charge in [0.05, 0.1) is 4.90 Å². The molecule has 0 unspecified atom stereocenters. The molecule has 2 rings (SSSR count). The van der Waals surface area contributed by atoms with Gasteiger partial charge in [0.1, 0.15) is 0 Å². The number of rotatable bonds is 7. The van der Waals surface area contributed by atoms with E-state index in [0.29, 0.717) is 22.8 Å². The molecule has 0 radical (unpaired) electrons. The van der Waals surface area contributed by atoms with Crippen molar-refractivity contribution in [1.82, 2.24) is 0 Å². The van der Waals surface area contributed by atoms with E-state index >= 15 is 0 Å². The van der Waals surface area contributed by atoms with Crippen molar-refractivity contribution in [2.24, 2.45) is 15.9 Å². The lowest BCUT2D eigenvalue weighted by Crippen LogP contribution is -2.24. The number of benzene rings is 2. The zero-order chi connectivity index (χ0) is 18.4. The molecular weight excluding hydrogens is 364 g/mol. The van der Waals surface area contributed by atoms with Crippen LogP contribution in [0.3, 0.4) is 0 Å². The van der Waals surface area contributed by atoms with Gasteiger partial charge in [-0.3, -0.25) is 4.79 Å². The highest BCUT2D eigenvalue weighted by Crippen LogP contribution is 2.16. The van der Waals surface area contributed by atoms with Crippen molar-refractivity contribution in [3.8, 4) is 0 Å². The Kier molecular flexibility index (Phi) is 6.00. The predicted octanol–water partition coefficient (Wildman–Crippen LogP) is 1.99. The molecule has 0 amide bonds. The number of hydrogen-bond donors (Lipinski definition) is 3. The monoisotopic (exact) mass is 380 g/mol. The first-order valence-electron chi connectivity index (χ1n) is 7.26. The first-order valence-corrected chi connectivity index (χ1v) is 9.08. The number of nitrogens with two attached hydrogens (primary N) is 2. The van der Waals surface area contributed by atoms with Crippen molar-refractivity contribution in [2.75, 3.05) is 11.9 Å². The van der Waals surface area contributed by atoms with E-state index in [9.17, 15) is 13.2 Å². The molecule has 0 aromatic heterocycles. The van der Waals surface area contributed by atoms with Crippen LogP contribution in [0.1, 0.15) is 16.8 Å². The molecule has 0 atom stereocenters. The Bertz CT molecular complexity index is 875. The van der Waals surface area contributed by atoms with E-state index in [-0.39, 0.29) is 17.1 Å². The molecule has 5 N–H and O–H groups in total. The van der Waals surface area contributed by atoms with Crippen LogP contribution in [-0.4, -0.2) is 26.7 Å². The van der Waals surface area contributed by atoms with E-state index in [1.165, 1.54) is 12.1 Å². The highest BCUT2D eigenvalue weighted by Gasteiger charge is 2.12. The van der Waals surface area contributed by atoms with Gasteiger partial charge in [0.2, 0.25) is 5.96 Å². The van der Waals surface area contributed by atoms with Crippen molar-refractivity contribution < 1.29 is 13.2 Å². The first-order chi connectivity index (χ1) is 11.8. The van der Waals surface area contributed by atoms with Gasteiger partial charge in [0.15, 0.2) is 5.78 Å². The number of Topliss-reactive ketones (excluding diaryl/α,β-unsaturated/α-hetero) is 1. The quantitative estimate of drug-likeness (QED) is 0.383. The molecule has 0 bridgehead atoms. The minimum atomic E-state index is -3.90. The smallest absolute Gasteiger partial charge is 0.285 e. The van der Waals surface area contributed by atoms with Crippen molar-refractivity contribution in [1.29, 1.82) is 0 Å². The summed E-state index contributed by atoms with van der Waals surface area (Å²) in [6.45, 7) is 0.404. The predicted molar refractivity (Wildman–Crippen MR) is 98.3 cm³/mol. The molecule has 2 aromatic carbocycles. The summed E-state index contributed by atoms with van der Waals surface area (Å²) in [5.74, 6) is -0.543. The number of guanidine groups is 1. The van der Waals surface area contributed by atoms with Gasteiger partial charge in [0.25, 0.3) is 10.0 Å². The fourth-order valence-electron chi connectivity index (χ4n) is 2.04. The van der Waals surface area contributed by atoms with Gasteiger partial charge in [0, 0.05) is 29.2 Å². The molecule has 7 nitrogen and oxygen atoms in total. The summed E-state index contributed by atoms with van der Waals surface area (Å²) in [5, 5.41) is 3.62. The van der Waals surface area contributed by atoms with Gasteiger partial charge >= 0.3 is 0 Å². The molecular formula is C16H17ClN4O3S. The molecule has 9 heteroatoms. The van der Waals surface area contributed by atoms with Crippen molar-refractivity contribution in [2.45, 2.75) is 11.3 Å². The number of sulfonamides is 1. The summed E-state index contributed by atoms with van der Waals surface area (Å²) in [6.07, 6.45) is 0.287. The SMILES string of the molecule is NC(N)=NS(=O)(=O)c1ccc(NCCC(=O)c2ccc(Cl)cc2)cc1. The molecule has 0 aliphatic rings. The second-order valence-corrected chi connectivity index (χ2v) is 7.16. The van der Waals surface area contributed by atoms with Gasteiger partial charge in [-0.15, -0.1) is 4.40 Å². The molecule has 0 fully saturated rings. The fourth-order valence-corrected chi connectivity index (χ4v) is 3.03. The maximum Gasteiger partial charge on any atom is 0.285 e. The number of anilines is 1. The van der Waals surface area contributed by atoms with Gasteiger partial charge in [-0.2, -0.15) is 8.42 Å². The zero-order valence-electron chi connectivity index (χ0n) is 13.1. The van der Waals surface area contributed by atoms with Crippen LogP contribution in [0.4, 0.5) is 5.69 Å². The Balaban J connectivity index is 1.93. The van der Waals surface area contributed by atoms with E-state index in [0.717, 1.165) is 0 Å². The van der Waals surface area contributed by atoms with Gasteiger partial charge in [-0.05, 0) is 48.5 Å². The molecule has 2 aromatic rings. The summed E-state index contributed by atoms with van der Waals surface area (Å²) in [5.41, 5.74) is 11.4. The highest BCUT2D eigenvalue weighted by atomic mass is 35.5. The summed E-state index contributed by atoms with van der Waals surface area (Å²) < 4.78 is 26.8. The maximum absolute atomic E-state index is 12.0. The molecule has 132 valence electrons. The number of hydrogen-bond acceptors (Lipinski definition) is 4. The van der Waals surface area contributed by atoms with Gasteiger partial charge in [-0.25, -0.2) is 0 Å². The lowest BCUT2D eigenvalue weighted by atomic mass is 10.1. The average Bonchev–Trinajstić information content (AvgIpc) is 2.54. The summed E-state index contributed by atoms with van der Waals surface area (Å²) in [7, 11) is -3.90. The second-order valence-electron chi connectivity index (χ2n) is 5.12. The van der Waals surface area contributed by atoms with Crippen LogP contribution in [0.15, 0.2) is 57.8 Å². The minimum absolute atomic E-state index is 0.0175. The number of carbonyl (C=O) groups excluding carboxylic acids is 1. The Morgan fingerprint density at radius 3 is 2.20 bits per heavy atom. The third-order valence-electron chi connectivity index (χ3n) is 3.23. The molecule has 0 aliphatic heterocycles. The van der Waals surface area contributed by atoms with Crippen LogP contribution in [0.5, 0.6) is 0 Å². The van der Waals surface area contributed by atoms with E-state index < -0.39 is 16.0 Å². The lowest BCUT2D eigenvalue weighted by molar-refractivity contribution is 0.0986. The van der Waals surface area contributed by atoms with E-state index in [1.807, 2.05) is 0 Å². The maximum atomic E-state index is 12.0. The molecule has 0 saturated carbocycles. The minimum Gasteiger partial charge on any atom is -0.385 e. The summed E-state index contributed by atoms with van der Waals surface area (Å²) in [6, 6.07) is 12.6. The van der Waals surface area contributed by atoms with Crippen molar-refractivity contribution in [3.63, 3.8) is 0 Å². The summed E-state index contributed by atoms with van der Waals surface area (Å²) in [4.78, 5) is 12.0. The summed E-state index contributed by atoms with van der Waals surface area (Å²) >= 11 is 5.78. The third-order valence-corrected chi connectivity index (χ3v) is 4.80. The molecule has 0 spiro atoms. The van der Waals surface area contributed by atoms with E-state index in [2.05, 4.69) is 9.71 Å². The molecule has 0 saturated heterocycles. The molecule has 25 heavy (non-hydrogen) atoms. The van der Waals surface area contributed by atoms with Crippen molar-refractivity contribution >= 4 is 39.1 Å².